The first-order valence-electron chi connectivity index (χ1n) is 64.2. The Morgan fingerprint density at radius 1 is 0.399 bits per heavy atom. The molecule has 0 saturated carbocycles. The number of thioether (sulfide) groups is 3. The Labute approximate surface area is 894 Å². The van der Waals surface area contributed by atoms with Crippen molar-refractivity contribution in [1.82, 2.24) is 58.1 Å². The van der Waals surface area contributed by atoms with E-state index in [9.17, 15) is 81.5 Å². The molecule has 33 heteroatoms. The lowest BCUT2D eigenvalue weighted by Gasteiger charge is -2.28. The van der Waals surface area contributed by atoms with Crippen molar-refractivity contribution >= 4 is 53.0 Å². The summed E-state index contributed by atoms with van der Waals surface area (Å²) in [6, 6.07) is -7.13. The van der Waals surface area contributed by atoms with Crippen LogP contribution in [-0.2, 0) is 128 Å². The Kier molecular flexibility index (Phi) is 23.2. The zero-order valence-corrected chi connectivity index (χ0v) is 80.3. The molecule has 143 heavy (non-hydrogen) atoms. The molecule has 756 valence electrons. The number of nitrogens with zero attached hydrogens (tertiary/aromatic N) is 12. The molecule has 3 aliphatic rings. The number of fused-ring (bicyclic) bond motifs is 3. The van der Waals surface area contributed by atoms with Gasteiger partial charge < -0.3 is 43.1 Å². The number of rotatable bonds is 39. The van der Waals surface area contributed by atoms with Crippen LogP contribution in [0.15, 0.2) is 242 Å². The van der Waals surface area contributed by atoms with Gasteiger partial charge in [0.2, 0.25) is 17.7 Å². The highest BCUT2D eigenvalue weighted by molar-refractivity contribution is 7.98. The van der Waals surface area contributed by atoms with Crippen LogP contribution in [0.25, 0.3) is 33.4 Å². The second kappa shape index (κ2) is 50.1. The van der Waals surface area contributed by atoms with Gasteiger partial charge in [-0.05, 0) is 242 Å². The Hall–Kier alpha value is -11.9. The number of amides is 3. The lowest BCUT2D eigenvalue weighted by molar-refractivity contribution is -0.138. The predicted octanol–water partition coefficient (Wildman–Crippen LogP) is 22.2. The summed E-state index contributed by atoms with van der Waals surface area (Å²) in [5, 5.41) is -0.517. The predicted molar refractivity (Wildman–Crippen MR) is 539 cm³/mol. The molecule has 0 spiro atoms. The highest BCUT2D eigenvalue weighted by Gasteiger charge is 2.36. The highest BCUT2D eigenvalue weighted by Crippen LogP contribution is 2.39. The fraction of sp³-hybridized carbons (Fsp3) is 0.373. The highest BCUT2D eigenvalue weighted by atomic mass is 32.2. The third-order valence-corrected chi connectivity index (χ3v) is 25.3. The summed E-state index contributed by atoms with van der Waals surface area (Å²) >= 11 is 2.34. The molecule has 0 fully saturated rings. The summed E-state index contributed by atoms with van der Waals surface area (Å²) in [7, 11) is 0. The molecule has 0 N–H and O–H groups in total. The molecule has 9 aromatic carbocycles. The van der Waals surface area contributed by atoms with Crippen LogP contribution in [0.4, 0.5) is 52.7 Å². The second-order valence-corrected chi connectivity index (χ2v) is 34.6. The molecule has 0 bridgehead atoms. The van der Waals surface area contributed by atoms with Crippen LogP contribution in [0.2, 0.25) is 0 Å². The summed E-state index contributed by atoms with van der Waals surface area (Å²) in [5.74, 6) is -9.62. The van der Waals surface area contributed by atoms with Crippen LogP contribution < -0.4 is 16.7 Å². The smallest absolute Gasteiger partial charge is 0.336 e. The number of alkyl halides is 9. The third-order valence-electron chi connectivity index (χ3n) is 22.3. The van der Waals surface area contributed by atoms with Crippen molar-refractivity contribution in [3.8, 4) is 33.4 Å². The summed E-state index contributed by atoms with van der Waals surface area (Å²) < 4.78 is 507. The SMILES string of the molecule is [2H]C([2H])(N(CC)CC)C([2H])([2H])N(Cc1ccc(-c2ccc(C(F)(F)F)cc2)cc1)C(=O)Cn1c(SCc2ccc(F)cc2)nc(=O)c2c1CCC2.[2H]c1c([2H])c(CSc2nc(=O)c3c(n2CC(=O)N(CCN(C([2H])([2H])C)C([2H])([2H])C)Cc2c([2H])c([2H])c(-c4c([2H])c([2H])c(C(F)(F)F)c(C)c4[2H])c([2H])c2[2H])CCC3)c([2H])c([2H])c1F.[2H]c1c([2H])c(CSc2nc(=O)c3c(n2CC(=O)N(CCN(C([2H])([2H])C)C([2H])([2H])C)Cc2c([2H])c([2H])c(-c4c([2H])c([2H])c(C(F)(F)F)c([2H])c4[2H])c([2H])c2[2H])C([2H])([2H])C([2H])(C)C3([2H])[2H])c([2H])c([2H])c1F. The number of benzene rings is 9. The van der Waals surface area contributed by atoms with E-state index < -0.39 is 409 Å². The van der Waals surface area contributed by atoms with Gasteiger partial charge in [-0.1, -0.05) is 229 Å². The van der Waals surface area contributed by atoms with Crippen molar-refractivity contribution in [2.45, 2.75) is 197 Å². The quantitative estimate of drug-likeness (QED) is 0.0202. The molecular formula is C110H118F12N12O6S3. The number of hydrogen-bond donors (Lipinski definition) is 0. The Balaban J connectivity index is 0.000000225. The van der Waals surface area contributed by atoms with E-state index in [1.165, 1.54) is 45.5 Å². The van der Waals surface area contributed by atoms with E-state index in [2.05, 4.69) is 15.0 Å². The van der Waals surface area contributed by atoms with Crippen molar-refractivity contribution < 1.29 is 122 Å². The molecule has 1 atom stereocenters. The molecule has 0 saturated heterocycles. The number of carbonyl (C=O) groups excluding carboxylic acids is 3. The summed E-state index contributed by atoms with van der Waals surface area (Å²) in [4.78, 5) is 101. The molecule has 18 nitrogen and oxygen atoms in total. The van der Waals surface area contributed by atoms with E-state index >= 15 is 0 Å². The van der Waals surface area contributed by atoms with Gasteiger partial charge in [-0.15, -0.1) is 0 Å². The molecule has 3 heterocycles. The Morgan fingerprint density at radius 3 is 1.20 bits per heavy atom. The van der Waals surface area contributed by atoms with Crippen molar-refractivity contribution in [2.24, 2.45) is 5.89 Å². The Morgan fingerprint density at radius 2 is 0.776 bits per heavy atom. The van der Waals surface area contributed by atoms with Crippen molar-refractivity contribution in [3.63, 3.8) is 0 Å². The minimum absolute atomic E-state index is 0.113. The van der Waals surface area contributed by atoms with E-state index in [1.54, 1.807) is 54.8 Å². The van der Waals surface area contributed by atoms with Gasteiger partial charge in [0.1, 0.15) is 37.1 Å². The van der Waals surface area contributed by atoms with Crippen LogP contribution >= 0.6 is 35.3 Å². The molecule has 3 aliphatic carbocycles. The lowest BCUT2D eigenvalue weighted by Crippen LogP contribution is -2.40. The first-order chi connectivity index (χ1) is 84.2. The number of likely N-dealkylation sites (N-methyl/N-ethyl adjacent to an activating group) is 3. The van der Waals surface area contributed by atoms with Crippen LogP contribution in [0, 0.1) is 30.3 Å². The first kappa shape index (κ1) is 66.2. The molecule has 1 unspecified atom stereocenters. The van der Waals surface area contributed by atoms with Gasteiger partial charge >= 0.3 is 18.5 Å². The fourth-order valence-electron chi connectivity index (χ4n) is 14.8. The lowest BCUT2D eigenvalue weighted by atomic mass is 9.98. The van der Waals surface area contributed by atoms with E-state index in [0.29, 0.717) is 97.6 Å². The van der Waals surface area contributed by atoms with E-state index in [-0.39, 0.29) is 53.2 Å². The maximum atomic E-state index is 14.8. The molecule has 0 radical (unpaired) electrons. The molecule has 12 aromatic rings. The molecule has 15 rings (SSSR count). The van der Waals surface area contributed by atoms with Gasteiger partial charge in [-0.3, -0.25) is 28.8 Å². The van der Waals surface area contributed by atoms with Crippen molar-refractivity contribution in [1.29, 1.82) is 0 Å². The number of carbonyl (C=O) groups is 3. The standard InChI is InChI=1S/2C37H40F4N4O2S.C36H38F4N4O2S/c1-4-43(5-2)18-19-44(22-26-6-10-28(11-7-26)29-12-14-30(15-13-29)37(39,40)41)34(46)23-45-33-21-25(3)20-32(33)35(47)42-36(45)48-24-27-8-16-31(38)17-9-27;1-4-43(5-2)19-20-44(22-26-9-13-28(14-10-26)29-15-18-32(25(3)21-29)37(39,40)41)34(46)23-45-33-8-6-7-31(33)35(47)42-36(45)48-24-27-11-16-30(38)17-12-27;1-3-42(4-2)20-21-43(22-25-8-12-27(13-9-25)28-14-16-29(17-15-28)36(38,39)40)33(45)23-44-32-7-5-6-31(32)34(46)41-35(44)47-24-26-10-18-30(37)19-11-26/h6-17,25H,4-5,18-24H2,1-3H3;9-18,21H,4-8,19-20,22-24H2,1-3H3;8-19H,3-7,20-24H2,1-2H3/i4D2,5D2,6D,7D,8D,9D,10D,11D,12D,13D,14D,15D,16D,17D,20D2,21D2,25D;4D2,5D2,9D,10D,11D,12D,13D,14D,15D,16D,17D,18D,21D;20D2,21D2. The minimum Gasteiger partial charge on any atom is -0.336 e. The van der Waals surface area contributed by atoms with Crippen molar-refractivity contribution in [3.05, 3.63) is 350 Å². The van der Waals surface area contributed by atoms with Gasteiger partial charge in [0.05, 0.1) is 51.0 Å². The topological polar surface area (TPSA) is 175 Å². The maximum Gasteiger partial charge on any atom is 0.416 e. The molecule has 3 aromatic heterocycles. The zero-order chi connectivity index (χ0) is 138. The number of aromatic nitrogens is 6. The van der Waals surface area contributed by atoms with Gasteiger partial charge in [0, 0.05) is 130 Å². The summed E-state index contributed by atoms with van der Waals surface area (Å²) in [5.41, 5.74) is -10.6. The van der Waals surface area contributed by atoms with Crippen LogP contribution in [0.1, 0.15) is 206 Å². The summed E-state index contributed by atoms with van der Waals surface area (Å²) in [6.07, 6.45) is -18.5. The monoisotopic (exact) mass is 2070 g/mol. The van der Waals surface area contributed by atoms with E-state index in [4.69, 9.17) is 54.8 Å². The maximum absolute atomic E-state index is 14.8. The first-order valence-corrected chi connectivity index (χ1v) is 47.1. The largest absolute Gasteiger partial charge is 0.416 e. The fourth-order valence-corrected chi connectivity index (χ4v) is 17.6. The zero-order valence-electron chi connectivity index (χ0n) is 118. The average molecular weight is 2070 g/mol. The number of halogens is 12. The minimum atomic E-state index is -5.38. The molecule has 0 aliphatic heterocycles. The third kappa shape index (κ3) is 29.5. The van der Waals surface area contributed by atoms with Gasteiger partial charge in [-0.25, -0.2) is 13.2 Å². The number of hydrogen-bond acceptors (Lipinski definition) is 15. The van der Waals surface area contributed by atoms with Crippen LogP contribution in [0.3, 0.4) is 0 Å². The summed E-state index contributed by atoms with van der Waals surface area (Å²) in [6.45, 7) is -12.3. The van der Waals surface area contributed by atoms with Crippen molar-refractivity contribution in [2.75, 3.05) is 78.2 Å². The van der Waals surface area contributed by atoms with Gasteiger partial charge in [0.15, 0.2) is 15.5 Å². The normalized spacial score (nSPS) is 19.2. The molecular weight excluding hydrogens is 1910 g/mol. The second-order valence-electron chi connectivity index (χ2n) is 31.8. The Bertz CT molecular complexity index is 8730. The average Bonchev–Trinajstić information content (AvgIpc) is 1.52. The van der Waals surface area contributed by atoms with E-state index in [1.807, 2.05) is 0 Å². The van der Waals surface area contributed by atoms with Gasteiger partial charge in [0.25, 0.3) is 16.7 Å². The van der Waals surface area contributed by atoms with Crippen LogP contribution in [0.5, 0.6) is 0 Å². The molecule has 3 amide bonds. The van der Waals surface area contributed by atoms with Gasteiger partial charge in [-0.2, -0.15) is 54.5 Å². The van der Waals surface area contributed by atoms with E-state index in [0.717, 1.165) is 85.7 Å². The van der Waals surface area contributed by atoms with Crippen LogP contribution in [-0.4, -0.2) is 154 Å².